The van der Waals surface area contributed by atoms with Gasteiger partial charge in [-0.15, -0.1) is 0 Å². The van der Waals surface area contributed by atoms with Crippen molar-refractivity contribution in [3.05, 3.63) is 0 Å². The first-order valence-corrected chi connectivity index (χ1v) is 26.9. The summed E-state index contributed by atoms with van der Waals surface area (Å²) in [6, 6.07) is -1.14. The van der Waals surface area contributed by atoms with Crippen LogP contribution in [0.25, 0.3) is 0 Å². The van der Waals surface area contributed by atoms with E-state index in [1.165, 1.54) is 212 Å². The predicted molar refractivity (Wildman–Crippen MR) is 246 cm³/mol. The van der Waals surface area contributed by atoms with Crippen molar-refractivity contribution in [2.75, 3.05) is 5.75 Å². The van der Waals surface area contributed by atoms with Crippen LogP contribution in [0.1, 0.15) is 284 Å². The summed E-state index contributed by atoms with van der Waals surface area (Å²) in [7, 11) is -4.41. The molecule has 7 nitrogen and oxygen atoms in total. The van der Waals surface area contributed by atoms with Crippen LogP contribution in [-0.4, -0.2) is 53.1 Å². The van der Waals surface area contributed by atoms with E-state index in [9.17, 15) is 28.0 Å². The molecule has 0 aromatic carbocycles. The topological polar surface area (TPSA) is 124 Å². The van der Waals surface area contributed by atoms with Crippen molar-refractivity contribution in [2.24, 2.45) is 0 Å². The monoisotopic (exact) mass is 830 g/mol. The van der Waals surface area contributed by atoms with Crippen molar-refractivity contribution in [1.29, 1.82) is 0 Å². The summed E-state index contributed by atoms with van der Waals surface area (Å²) in [6.07, 6.45) is 49.9. The van der Waals surface area contributed by atoms with Crippen molar-refractivity contribution in [3.63, 3.8) is 0 Å². The van der Waals surface area contributed by atoms with Gasteiger partial charge >= 0.3 is 0 Å². The Morgan fingerprint density at radius 3 is 0.877 bits per heavy atom. The van der Waals surface area contributed by atoms with Gasteiger partial charge < -0.3 is 15.5 Å². The first kappa shape index (κ1) is 56.3. The van der Waals surface area contributed by atoms with Gasteiger partial charge in [0.2, 0.25) is 5.91 Å². The Hall–Kier alpha value is -0.700. The minimum atomic E-state index is -4.41. The number of nitrogens with one attached hydrogen (secondary N) is 1. The molecule has 4 N–H and O–H groups in total. The maximum absolute atomic E-state index is 12.7. The Bertz CT molecular complexity index is 931. The minimum Gasteiger partial charge on any atom is -0.391 e. The highest BCUT2D eigenvalue weighted by molar-refractivity contribution is 7.85. The largest absolute Gasteiger partial charge is 0.391 e. The lowest BCUT2D eigenvalue weighted by atomic mass is 10.0. The van der Waals surface area contributed by atoms with Crippen molar-refractivity contribution < 1.29 is 28.0 Å². The van der Waals surface area contributed by atoms with E-state index in [4.69, 9.17) is 0 Å². The van der Waals surface area contributed by atoms with Gasteiger partial charge in [0, 0.05) is 0 Å². The van der Waals surface area contributed by atoms with E-state index in [1.54, 1.807) is 0 Å². The molecule has 8 heteroatoms. The number of unbranched alkanes of at least 4 members (excludes halogenated alkanes) is 38. The number of aliphatic hydroxyl groups is 2. The summed E-state index contributed by atoms with van der Waals surface area (Å²) >= 11 is 0. The van der Waals surface area contributed by atoms with Gasteiger partial charge in [0.25, 0.3) is 10.1 Å². The standard InChI is InChI=1S/C49H99NO6S/c1-3-5-7-9-11-13-15-17-19-21-23-24-26-28-30-32-34-36-38-40-42-44-48(52)49(53)50-46(45-57(54,55)56)47(51)43-41-39-37-35-33-31-29-27-25-22-20-18-16-14-12-10-8-6-4-2/h46-48,51-52H,3-45H2,1-2H3,(H,50,53)(H,54,55,56). The Morgan fingerprint density at radius 1 is 0.404 bits per heavy atom. The molecule has 0 aliphatic heterocycles. The van der Waals surface area contributed by atoms with Crippen LogP contribution in [0.15, 0.2) is 0 Å². The third-order valence-electron chi connectivity index (χ3n) is 12.2. The highest BCUT2D eigenvalue weighted by atomic mass is 32.2. The van der Waals surface area contributed by atoms with E-state index in [-0.39, 0.29) is 0 Å². The van der Waals surface area contributed by atoms with Crippen molar-refractivity contribution in [1.82, 2.24) is 5.32 Å². The molecule has 0 radical (unpaired) electrons. The molecule has 0 saturated heterocycles. The molecule has 3 atom stereocenters. The highest BCUT2D eigenvalue weighted by Crippen LogP contribution is 2.18. The van der Waals surface area contributed by atoms with Crippen LogP contribution in [0.2, 0.25) is 0 Å². The molecule has 0 saturated carbocycles. The smallest absolute Gasteiger partial charge is 0.266 e. The minimum absolute atomic E-state index is 0.304. The van der Waals surface area contributed by atoms with Gasteiger partial charge in [-0.25, -0.2) is 0 Å². The third kappa shape index (κ3) is 43.2. The highest BCUT2D eigenvalue weighted by Gasteiger charge is 2.28. The predicted octanol–water partition coefficient (Wildman–Crippen LogP) is 14.5. The molecule has 3 unspecified atom stereocenters. The second-order valence-corrected chi connectivity index (χ2v) is 19.5. The molecule has 0 aromatic rings. The average molecular weight is 830 g/mol. The zero-order valence-corrected chi connectivity index (χ0v) is 38.9. The van der Waals surface area contributed by atoms with Crippen LogP contribution in [0.5, 0.6) is 0 Å². The van der Waals surface area contributed by atoms with Crippen molar-refractivity contribution >= 4 is 16.0 Å². The molecular weight excluding hydrogens is 731 g/mol. The zero-order valence-electron chi connectivity index (χ0n) is 38.1. The number of hydrogen-bond acceptors (Lipinski definition) is 5. The van der Waals surface area contributed by atoms with Gasteiger partial charge in [0.1, 0.15) is 6.10 Å². The fraction of sp³-hybridized carbons (Fsp3) is 0.980. The maximum Gasteiger partial charge on any atom is 0.266 e. The van der Waals surface area contributed by atoms with Gasteiger partial charge in [-0.05, 0) is 12.8 Å². The lowest BCUT2D eigenvalue weighted by Gasteiger charge is -2.24. The molecule has 0 fully saturated rings. The summed E-state index contributed by atoms with van der Waals surface area (Å²) in [5, 5.41) is 23.7. The van der Waals surface area contributed by atoms with E-state index in [1.807, 2.05) is 0 Å². The van der Waals surface area contributed by atoms with Crippen molar-refractivity contribution in [2.45, 2.75) is 302 Å². The Balaban J connectivity index is 3.81. The zero-order chi connectivity index (χ0) is 41.9. The second kappa shape index (κ2) is 43.4. The van der Waals surface area contributed by atoms with Crippen LogP contribution < -0.4 is 5.32 Å². The van der Waals surface area contributed by atoms with Crippen molar-refractivity contribution in [3.8, 4) is 0 Å². The van der Waals surface area contributed by atoms with Crippen LogP contribution >= 0.6 is 0 Å². The maximum atomic E-state index is 12.7. The summed E-state index contributed by atoms with van der Waals surface area (Å²) in [6.45, 7) is 4.55. The molecule has 0 spiro atoms. The third-order valence-corrected chi connectivity index (χ3v) is 12.9. The van der Waals surface area contributed by atoms with E-state index in [0.717, 1.165) is 44.9 Å². The number of carbonyl (C=O) groups is 1. The first-order chi connectivity index (χ1) is 27.7. The number of hydrogen-bond donors (Lipinski definition) is 4. The van der Waals surface area contributed by atoms with E-state index in [2.05, 4.69) is 19.2 Å². The molecule has 0 bridgehead atoms. The van der Waals surface area contributed by atoms with E-state index >= 15 is 0 Å². The molecule has 342 valence electrons. The molecule has 1 amide bonds. The number of rotatable bonds is 47. The molecule has 0 rings (SSSR count). The summed E-state index contributed by atoms with van der Waals surface area (Å²) in [5.74, 6) is -1.44. The van der Waals surface area contributed by atoms with Crippen LogP contribution in [-0.2, 0) is 14.9 Å². The van der Waals surface area contributed by atoms with E-state index < -0.39 is 40.0 Å². The quantitative estimate of drug-likeness (QED) is 0.0358. The van der Waals surface area contributed by atoms with E-state index in [0.29, 0.717) is 12.8 Å². The molecule has 0 aromatic heterocycles. The Kier molecular flexibility index (Phi) is 42.9. The second-order valence-electron chi connectivity index (χ2n) is 18.0. The van der Waals surface area contributed by atoms with Crippen LogP contribution in [0, 0.1) is 0 Å². The lowest BCUT2D eigenvalue weighted by Crippen LogP contribution is -2.50. The Labute approximate surface area is 355 Å². The summed E-state index contributed by atoms with van der Waals surface area (Å²) in [5.41, 5.74) is 0. The van der Waals surface area contributed by atoms with Gasteiger partial charge in [0.15, 0.2) is 0 Å². The molecule has 0 aliphatic rings. The Morgan fingerprint density at radius 2 is 0.632 bits per heavy atom. The first-order valence-electron chi connectivity index (χ1n) is 25.3. The number of amides is 1. The SMILES string of the molecule is CCCCCCCCCCCCCCCCCCCCCCCC(O)C(=O)NC(CS(=O)(=O)O)C(O)CCCCCCCCCCCCCCCCCCCCC. The fourth-order valence-electron chi connectivity index (χ4n) is 8.29. The molecule has 0 aliphatic carbocycles. The summed E-state index contributed by atoms with van der Waals surface area (Å²) < 4.78 is 32.8. The number of aliphatic hydroxyl groups excluding tert-OH is 2. The number of carbonyl (C=O) groups excluding carboxylic acids is 1. The van der Waals surface area contributed by atoms with Gasteiger partial charge in [-0.1, -0.05) is 271 Å². The van der Waals surface area contributed by atoms with Gasteiger partial charge in [-0.2, -0.15) is 8.42 Å². The van der Waals surface area contributed by atoms with Gasteiger partial charge in [-0.3, -0.25) is 9.35 Å². The molecule has 57 heavy (non-hydrogen) atoms. The lowest BCUT2D eigenvalue weighted by molar-refractivity contribution is -0.131. The van der Waals surface area contributed by atoms with Crippen LogP contribution in [0.4, 0.5) is 0 Å². The average Bonchev–Trinajstić information content (AvgIpc) is 3.18. The summed E-state index contributed by atoms with van der Waals surface area (Å²) in [4.78, 5) is 12.7. The normalized spacial score (nSPS) is 13.6. The van der Waals surface area contributed by atoms with Crippen LogP contribution in [0.3, 0.4) is 0 Å². The van der Waals surface area contributed by atoms with Gasteiger partial charge in [0.05, 0.1) is 17.9 Å². The molecular formula is C49H99NO6S. The molecule has 0 heterocycles. The fourth-order valence-corrected chi connectivity index (χ4v) is 9.05.